The van der Waals surface area contributed by atoms with Crippen molar-refractivity contribution in [1.29, 1.82) is 0 Å². The second kappa shape index (κ2) is 3.56. The lowest BCUT2D eigenvalue weighted by Crippen LogP contribution is -2.22. The highest BCUT2D eigenvalue weighted by Crippen LogP contribution is 2.15. The van der Waals surface area contributed by atoms with E-state index in [2.05, 4.69) is 25.9 Å². The van der Waals surface area contributed by atoms with Gasteiger partial charge in [0.25, 0.3) is 0 Å². The van der Waals surface area contributed by atoms with Crippen LogP contribution in [0.5, 0.6) is 0 Å². The smallest absolute Gasteiger partial charge is 0.168 e. The molecule has 0 aliphatic heterocycles. The van der Waals surface area contributed by atoms with Gasteiger partial charge in [0.05, 0.1) is 17.3 Å². The van der Waals surface area contributed by atoms with Crippen molar-refractivity contribution in [3.8, 4) is 0 Å². The van der Waals surface area contributed by atoms with Crippen LogP contribution in [-0.4, -0.2) is 15.6 Å². The summed E-state index contributed by atoms with van der Waals surface area (Å²) >= 11 is 0. The topological polar surface area (TPSA) is 34.9 Å². The van der Waals surface area contributed by atoms with Crippen molar-refractivity contribution in [1.82, 2.24) is 9.78 Å². The monoisotopic (exact) mass is 194 g/mol. The molecule has 0 radical (unpaired) electrons. The molecule has 0 amide bonds. The number of rotatable bonds is 2. The Bertz CT molecular complexity index is 331. The van der Waals surface area contributed by atoms with E-state index < -0.39 is 0 Å². The summed E-state index contributed by atoms with van der Waals surface area (Å²) in [6.07, 6.45) is 3.47. The van der Waals surface area contributed by atoms with Crippen LogP contribution in [0.25, 0.3) is 0 Å². The average Bonchev–Trinajstić information content (AvgIpc) is 2.49. The van der Waals surface area contributed by atoms with Gasteiger partial charge in [0.1, 0.15) is 0 Å². The molecule has 0 unspecified atom stereocenters. The normalized spacial score (nSPS) is 12.1. The van der Waals surface area contributed by atoms with E-state index in [0.29, 0.717) is 5.56 Å². The van der Waals surface area contributed by atoms with Crippen molar-refractivity contribution in [2.24, 2.45) is 5.92 Å². The first-order valence-electron chi connectivity index (χ1n) is 4.91. The van der Waals surface area contributed by atoms with Crippen molar-refractivity contribution >= 4 is 5.78 Å². The van der Waals surface area contributed by atoms with E-state index in [1.54, 1.807) is 6.20 Å². The lowest BCUT2D eigenvalue weighted by Gasteiger charge is -2.18. The van der Waals surface area contributed by atoms with Gasteiger partial charge in [-0.3, -0.25) is 9.48 Å². The molecule has 1 aromatic rings. The largest absolute Gasteiger partial charge is 0.294 e. The first-order chi connectivity index (χ1) is 6.32. The summed E-state index contributed by atoms with van der Waals surface area (Å²) in [4.78, 5) is 11.6. The van der Waals surface area contributed by atoms with Gasteiger partial charge < -0.3 is 0 Å². The van der Waals surface area contributed by atoms with Crippen LogP contribution in [-0.2, 0) is 5.54 Å². The van der Waals surface area contributed by atoms with E-state index in [4.69, 9.17) is 0 Å². The van der Waals surface area contributed by atoms with Crippen molar-refractivity contribution in [3.63, 3.8) is 0 Å². The molecule has 0 spiro atoms. The van der Waals surface area contributed by atoms with Gasteiger partial charge >= 0.3 is 0 Å². The van der Waals surface area contributed by atoms with E-state index in [1.165, 1.54) is 0 Å². The van der Waals surface area contributed by atoms with Crippen LogP contribution in [0.2, 0.25) is 0 Å². The first-order valence-corrected chi connectivity index (χ1v) is 4.91. The van der Waals surface area contributed by atoms with Gasteiger partial charge in [-0.15, -0.1) is 0 Å². The molecule has 0 saturated carbocycles. The lowest BCUT2D eigenvalue weighted by atomic mass is 10.0. The highest BCUT2D eigenvalue weighted by atomic mass is 16.1. The number of carbonyl (C=O) groups is 1. The maximum absolute atomic E-state index is 11.6. The third-order valence-corrected chi connectivity index (χ3v) is 2.08. The quantitative estimate of drug-likeness (QED) is 0.678. The standard InChI is InChI=1S/C11H18N2O/c1-8(2)10(14)9-6-12-13(7-9)11(3,4)5/h6-8H,1-5H3. The molecule has 1 aromatic heterocycles. The van der Waals surface area contributed by atoms with Gasteiger partial charge in [0.15, 0.2) is 5.78 Å². The Labute approximate surface area is 85.1 Å². The third kappa shape index (κ3) is 2.22. The molecule has 3 nitrogen and oxygen atoms in total. The van der Waals surface area contributed by atoms with Gasteiger partial charge in [0.2, 0.25) is 0 Å². The second-order valence-corrected chi connectivity index (χ2v) is 4.86. The molecule has 1 rings (SSSR count). The summed E-state index contributed by atoms with van der Waals surface area (Å²) in [6.45, 7) is 9.98. The maximum atomic E-state index is 11.6. The Kier molecular flexibility index (Phi) is 2.79. The predicted molar refractivity (Wildman–Crippen MR) is 56.4 cm³/mol. The fraction of sp³-hybridized carbons (Fsp3) is 0.636. The Balaban J connectivity index is 2.95. The molecular formula is C11H18N2O. The summed E-state index contributed by atoms with van der Waals surface area (Å²) in [5.41, 5.74) is 0.644. The molecule has 0 aromatic carbocycles. The summed E-state index contributed by atoms with van der Waals surface area (Å²) in [6, 6.07) is 0. The van der Waals surface area contributed by atoms with E-state index in [0.717, 1.165) is 0 Å². The number of hydrogen-bond acceptors (Lipinski definition) is 2. The number of carbonyl (C=O) groups excluding carboxylic acids is 1. The average molecular weight is 194 g/mol. The van der Waals surface area contributed by atoms with Gasteiger partial charge in [-0.25, -0.2) is 0 Å². The molecular weight excluding hydrogens is 176 g/mol. The van der Waals surface area contributed by atoms with Gasteiger partial charge in [-0.1, -0.05) is 13.8 Å². The van der Waals surface area contributed by atoms with Crippen LogP contribution in [0.1, 0.15) is 45.0 Å². The van der Waals surface area contributed by atoms with Crippen molar-refractivity contribution in [2.75, 3.05) is 0 Å². The first kappa shape index (κ1) is 11.0. The zero-order valence-corrected chi connectivity index (χ0v) is 9.53. The number of hydrogen-bond donors (Lipinski definition) is 0. The molecule has 14 heavy (non-hydrogen) atoms. The minimum Gasteiger partial charge on any atom is -0.294 e. The van der Waals surface area contributed by atoms with Crippen LogP contribution in [0.4, 0.5) is 0 Å². The zero-order valence-electron chi connectivity index (χ0n) is 9.53. The summed E-state index contributed by atoms with van der Waals surface area (Å²) < 4.78 is 1.82. The van der Waals surface area contributed by atoms with E-state index in [-0.39, 0.29) is 17.2 Å². The van der Waals surface area contributed by atoms with Crippen LogP contribution in [0, 0.1) is 5.92 Å². The van der Waals surface area contributed by atoms with Crippen molar-refractivity contribution in [3.05, 3.63) is 18.0 Å². The molecule has 0 atom stereocenters. The number of aromatic nitrogens is 2. The molecule has 1 heterocycles. The number of ketones is 1. The van der Waals surface area contributed by atoms with Crippen LogP contribution < -0.4 is 0 Å². The Morgan fingerprint density at radius 2 is 2.00 bits per heavy atom. The molecule has 78 valence electrons. The molecule has 0 saturated heterocycles. The van der Waals surface area contributed by atoms with Crippen LogP contribution in [0.3, 0.4) is 0 Å². The van der Waals surface area contributed by atoms with Crippen LogP contribution in [0.15, 0.2) is 12.4 Å². The maximum Gasteiger partial charge on any atom is 0.168 e. The Morgan fingerprint density at radius 3 is 2.36 bits per heavy atom. The second-order valence-electron chi connectivity index (χ2n) is 4.86. The van der Waals surface area contributed by atoms with Gasteiger partial charge in [0, 0.05) is 12.1 Å². The molecule has 0 N–H and O–H groups in total. The number of Topliss-reactive ketones (excluding diaryl/α,β-unsaturated/α-hetero) is 1. The lowest BCUT2D eigenvalue weighted by molar-refractivity contribution is 0.0939. The molecule has 0 fully saturated rings. The summed E-state index contributed by atoms with van der Waals surface area (Å²) in [5, 5.41) is 4.19. The summed E-state index contributed by atoms with van der Waals surface area (Å²) in [5.74, 6) is 0.188. The Hall–Kier alpha value is -1.12. The minimum absolute atomic E-state index is 0.0348. The van der Waals surface area contributed by atoms with Gasteiger partial charge in [-0.05, 0) is 20.8 Å². The van der Waals surface area contributed by atoms with Gasteiger partial charge in [-0.2, -0.15) is 5.10 Å². The van der Waals surface area contributed by atoms with Crippen LogP contribution >= 0.6 is 0 Å². The van der Waals surface area contributed by atoms with E-state index in [9.17, 15) is 4.79 Å². The predicted octanol–water partition coefficient (Wildman–Crippen LogP) is 2.48. The van der Waals surface area contributed by atoms with E-state index in [1.807, 2.05) is 24.7 Å². The summed E-state index contributed by atoms with van der Waals surface area (Å²) in [7, 11) is 0. The fourth-order valence-corrected chi connectivity index (χ4v) is 1.15. The Morgan fingerprint density at radius 1 is 1.43 bits per heavy atom. The van der Waals surface area contributed by atoms with E-state index >= 15 is 0 Å². The zero-order chi connectivity index (χ0) is 10.9. The molecule has 0 aliphatic rings. The molecule has 3 heteroatoms. The highest BCUT2D eigenvalue weighted by Gasteiger charge is 2.17. The van der Waals surface area contributed by atoms with Crippen molar-refractivity contribution in [2.45, 2.75) is 40.2 Å². The fourth-order valence-electron chi connectivity index (χ4n) is 1.15. The highest BCUT2D eigenvalue weighted by molar-refractivity contribution is 5.96. The third-order valence-electron chi connectivity index (χ3n) is 2.08. The molecule has 0 bridgehead atoms. The van der Waals surface area contributed by atoms with Crippen molar-refractivity contribution < 1.29 is 4.79 Å². The number of nitrogens with zero attached hydrogens (tertiary/aromatic N) is 2. The minimum atomic E-state index is -0.0600. The molecule has 0 aliphatic carbocycles. The SMILES string of the molecule is CC(C)C(=O)c1cnn(C(C)(C)C)c1.